The normalized spacial score (nSPS) is 12.4. The summed E-state index contributed by atoms with van der Waals surface area (Å²) >= 11 is 0. The average Bonchev–Trinajstić information content (AvgIpc) is 2.59. The van der Waals surface area contributed by atoms with Crippen molar-refractivity contribution in [1.82, 2.24) is 21.3 Å². The molecule has 0 aliphatic carbocycles. The lowest BCUT2D eigenvalue weighted by Crippen LogP contribution is -2.49. The molecule has 0 saturated heterocycles. The molecular formula is C21H40N4O7. The van der Waals surface area contributed by atoms with E-state index < -0.39 is 35.4 Å². The Morgan fingerprint density at radius 1 is 0.781 bits per heavy atom. The highest BCUT2D eigenvalue weighted by molar-refractivity contribution is 5.85. The van der Waals surface area contributed by atoms with E-state index in [0.29, 0.717) is 38.9 Å². The van der Waals surface area contributed by atoms with Crippen LogP contribution in [0.3, 0.4) is 0 Å². The summed E-state index contributed by atoms with van der Waals surface area (Å²) in [5.41, 5.74) is -1.27. The second kappa shape index (κ2) is 14.5. The lowest BCUT2D eigenvalue weighted by atomic mass is 10.1. The number of carboxylic acids is 1. The van der Waals surface area contributed by atoms with Crippen LogP contribution in [0.1, 0.15) is 67.2 Å². The number of carbonyl (C=O) groups is 4. The summed E-state index contributed by atoms with van der Waals surface area (Å²) < 4.78 is 10.4. The molecule has 0 aromatic rings. The van der Waals surface area contributed by atoms with Crippen LogP contribution in [0, 0.1) is 0 Å². The zero-order valence-corrected chi connectivity index (χ0v) is 20.1. The highest BCUT2D eigenvalue weighted by atomic mass is 16.6. The maximum atomic E-state index is 12.5. The van der Waals surface area contributed by atoms with Crippen molar-refractivity contribution in [1.29, 1.82) is 0 Å². The van der Waals surface area contributed by atoms with E-state index in [1.165, 1.54) is 0 Å². The van der Waals surface area contributed by atoms with Crippen LogP contribution in [-0.4, -0.2) is 72.6 Å². The van der Waals surface area contributed by atoms with Crippen LogP contribution in [0.25, 0.3) is 0 Å². The summed E-state index contributed by atoms with van der Waals surface area (Å²) in [5, 5.41) is 19.5. The highest BCUT2D eigenvalue weighted by Gasteiger charge is 2.24. The van der Waals surface area contributed by atoms with Crippen molar-refractivity contribution in [3.8, 4) is 0 Å². The summed E-state index contributed by atoms with van der Waals surface area (Å²) in [6.45, 7) is 11.9. The van der Waals surface area contributed by atoms with Crippen molar-refractivity contribution < 1.29 is 33.8 Å². The van der Waals surface area contributed by atoms with E-state index >= 15 is 0 Å². The van der Waals surface area contributed by atoms with Gasteiger partial charge in [-0.1, -0.05) is 0 Å². The first-order valence-corrected chi connectivity index (χ1v) is 10.9. The Hall–Kier alpha value is -2.56. The number of nitrogens with one attached hydrogen (secondary N) is 4. The quantitative estimate of drug-likeness (QED) is 0.260. The number of amides is 3. The zero-order valence-electron chi connectivity index (χ0n) is 20.1. The largest absolute Gasteiger partial charge is 0.481 e. The number of hydrogen-bond donors (Lipinski definition) is 5. The lowest BCUT2D eigenvalue weighted by Gasteiger charge is -2.23. The van der Waals surface area contributed by atoms with Crippen molar-refractivity contribution in [2.75, 3.05) is 26.2 Å². The predicted molar refractivity (Wildman–Crippen MR) is 119 cm³/mol. The van der Waals surface area contributed by atoms with E-state index in [2.05, 4.69) is 21.3 Å². The van der Waals surface area contributed by atoms with Crippen molar-refractivity contribution in [2.24, 2.45) is 0 Å². The van der Waals surface area contributed by atoms with Gasteiger partial charge in [0, 0.05) is 26.2 Å². The van der Waals surface area contributed by atoms with E-state index in [0.717, 1.165) is 0 Å². The summed E-state index contributed by atoms with van der Waals surface area (Å²) in [5.74, 6) is -1.26. The van der Waals surface area contributed by atoms with Crippen LogP contribution >= 0.6 is 0 Å². The minimum absolute atomic E-state index is 0.00585. The SMILES string of the molecule is CC(C)(C)OC(=O)NCCCC[C@H](NC(=O)OC(C)(C)C)C(=O)NCCNCCC(=O)O. The number of ether oxygens (including phenoxy) is 2. The first kappa shape index (κ1) is 29.4. The Kier molecular flexibility index (Phi) is 13.3. The van der Waals surface area contributed by atoms with Gasteiger partial charge in [0.2, 0.25) is 5.91 Å². The average molecular weight is 461 g/mol. The third kappa shape index (κ3) is 18.2. The van der Waals surface area contributed by atoms with Gasteiger partial charge in [-0.05, 0) is 60.8 Å². The Morgan fingerprint density at radius 2 is 1.38 bits per heavy atom. The van der Waals surface area contributed by atoms with Gasteiger partial charge >= 0.3 is 18.2 Å². The fraction of sp³-hybridized carbons (Fsp3) is 0.810. The van der Waals surface area contributed by atoms with E-state index in [4.69, 9.17) is 14.6 Å². The Morgan fingerprint density at radius 3 is 1.94 bits per heavy atom. The number of unbranched alkanes of at least 4 members (excludes halogenated alkanes) is 1. The Bertz CT molecular complexity index is 612. The fourth-order valence-corrected chi connectivity index (χ4v) is 2.41. The van der Waals surface area contributed by atoms with Crippen molar-refractivity contribution in [3.63, 3.8) is 0 Å². The maximum absolute atomic E-state index is 12.5. The lowest BCUT2D eigenvalue weighted by molar-refractivity contribution is -0.136. The topological polar surface area (TPSA) is 155 Å². The fourth-order valence-electron chi connectivity index (χ4n) is 2.41. The Labute approximate surface area is 190 Å². The number of carboxylic acid groups (broad SMARTS) is 1. The van der Waals surface area contributed by atoms with Gasteiger partial charge < -0.3 is 35.8 Å². The molecule has 0 fully saturated rings. The molecule has 0 radical (unpaired) electrons. The minimum atomic E-state index is -0.899. The first-order valence-electron chi connectivity index (χ1n) is 10.9. The Balaban J connectivity index is 4.50. The van der Waals surface area contributed by atoms with Crippen LogP contribution in [0.5, 0.6) is 0 Å². The van der Waals surface area contributed by atoms with Crippen molar-refractivity contribution in [3.05, 3.63) is 0 Å². The minimum Gasteiger partial charge on any atom is -0.481 e. The van der Waals surface area contributed by atoms with E-state index in [1.807, 2.05) is 0 Å². The molecule has 1 atom stereocenters. The molecule has 186 valence electrons. The molecule has 0 unspecified atom stereocenters. The van der Waals surface area contributed by atoms with Gasteiger partial charge in [-0.2, -0.15) is 0 Å². The molecule has 0 heterocycles. The van der Waals surface area contributed by atoms with E-state index in [1.54, 1.807) is 41.5 Å². The number of hydrogen-bond acceptors (Lipinski definition) is 7. The second-order valence-corrected chi connectivity index (χ2v) is 9.31. The summed E-state index contributed by atoms with van der Waals surface area (Å²) in [4.78, 5) is 46.8. The van der Waals surface area contributed by atoms with Gasteiger partial charge in [0.05, 0.1) is 6.42 Å². The molecule has 0 saturated carbocycles. The second-order valence-electron chi connectivity index (χ2n) is 9.31. The summed E-state index contributed by atoms with van der Waals surface area (Å²) in [6, 6.07) is -0.801. The van der Waals surface area contributed by atoms with Gasteiger partial charge in [-0.25, -0.2) is 9.59 Å². The van der Waals surface area contributed by atoms with Crippen LogP contribution < -0.4 is 21.3 Å². The molecule has 0 aromatic carbocycles. The molecule has 0 spiro atoms. The molecule has 0 aliphatic rings. The van der Waals surface area contributed by atoms with E-state index in [-0.39, 0.29) is 18.9 Å². The molecule has 32 heavy (non-hydrogen) atoms. The van der Waals surface area contributed by atoms with Gasteiger partial charge in [-0.15, -0.1) is 0 Å². The van der Waals surface area contributed by atoms with Crippen LogP contribution in [0.2, 0.25) is 0 Å². The highest BCUT2D eigenvalue weighted by Crippen LogP contribution is 2.09. The number of carbonyl (C=O) groups excluding carboxylic acids is 3. The standard InChI is InChI=1S/C21H40N4O7/c1-20(2,3)31-18(29)24-11-8-7-9-15(25-19(30)32-21(4,5)6)17(28)23-14-13-22-12-10-16(26)27/h15,22H,7-14H2,1-6H3,(H,23,28)(H,24,29)(H,25,30)(H,26,27)/t15-/m0/s1. The molecule has 0 bridgehead atoms. The monoisotopic (exact) mass is 460 g/mol. The van der Waals surface area contributed by atoms with Crippen LogP contribution in [0.4, 0.5) is 9.59 Å². The van der Waals surface area contributed by atoms with Crippen molar-refractivity contribution in [2.45, 2.75) is 84.5 Å². The van der Waals surface area contributed by atoms with E-state index in [9.17, 15) is 19.2 Å². The molecule has 0 aromatic heterocycles. The third-order valence-electron chi connectivity index (χ3n) is 3.71. The molecule has 3 amide bonds. The van der Waals surface area contributed by atoms with Crippen molar-refractivity contribution >= 4 is 24.1 Å². The molecule has 0 aliphatic heterocycles. The number of alkyl carbamates (subject to hydrolysis) is 2. The zero-order chi connectivity index (χ0) is 24.8. The maximum Gasteiger partial charge on any atom is 0.408 e. The molecule has 5 N–H and O–H groups in total. The first-order chi connectivity index (χ1) is 14.7. The molecule has 11 nitrogen and oxygen atoms in total. The van der Waals surface area contributed by atoms with Gasteiger partial charge in [0.25, 0.3) is 0 Å². The van der Waals surface area contributed by atoms with Gasteiger partial charge in [-0.3, -0.25) is 9.59 Å². The van der Waals surface area contributed by atoms with Gasteiger partial charge in [0.15, 0.2) is 0 Å². The predicted octanol–water partition coefficient (Wildman–Crippen LogP) is 1.76. The van der Waals surface area contributed by atoms with Crippen LogP contribution in [0.15, 0.2) is 0 Å². The molecule has 11 heteroatoms. The third-order valence-corrected chi connectivity index (χ3v) is 3.71. The number of rotatable bonds is 13. The number of aliphatic carboxylic acids is 1. The summed E-state index contributed by atoms with van der Waals surface area (Å²) in [6.07, 6.45) is 0.316. The van der Waals surface area contributed by atoms with Crippen LogP contribution in [-0.2, 0) is 19.1 Å². The summed E-state index contributed by atoms with van der Waals surface area (Å²) in [7, 11) is 0. The van der Waals surface area contributed by atoms with Gasteiger partial charge in [0.1, 0.15) is 17.2 Å². The molecule has 0 rings (SSSR count). The molecular weight excluding hydrogens is 420 g/mol. The smallest absolute Gasteiger partial charge is 0.408 e.